The van der Waals surface area contributed by atoms with Crippen molar-refractivity contribution in [3.63, 3.8) is 0 Å². The topological polar surface area (TPSA) is 142 Å². The van der Waals surface area contributed by atoms with Crippen molar-refractivity contribution in [1.29, 1.82) is 0 Å². The molecule has 0 unspecified atom stereocenters. The molecule has 1 saturated heterocycles. The summed E-state index contributed by atoms with van der Waals surface area (Å²) in [6.07, 6.45) is 2.47. The molecule has 0 amide bonds. The maximum Gasteiger partial charge on any atom is 0.328 e. The number of nitrogens with one attached hydrogen (secondary N) is 1. The number of carboxylic acids is 1. The van der Waals surface area contributed by atoms with Gasteiger partial charge in [-0.2, -0.15) is 0 Å². The van der Waals surface area contributed by atoms with E-state index in [1.165, 1.54) is 10.8 Å². The average Bonchev–Trinajstić information content (AvgIpc) is 2.88. The number of aliphatic hydroxyl groups is 2. The molecule has 3 atom stereocenters. The van der Waals surface area contributed by atoms with E-state index in [0.717, 1.165) is 12.2 Å². The number of H-pyrrole nitrogens is 1. The number of carboxylic acid groups (broad SMARTS) is 1. The lowest BCUT2D eigenvalue weighted by Crippen LogP contribution is -2.37. The van der Waals surface area contributed by atoms with Gasteiger partial charge in [0.05, 0.1) is 37.5 Å². The minimum absolute atomic E-state index is 0.00821. The van der Waals surface area contributed by atoms with Gasteiger partial charge in [-0.05, 0) is 6.08 Å². The van der Waals surface area contributed by atoms with Crippen LogP contribution in [0.25, 0.3) is 6.08 Å². The summed E-state index contributed by atoms with van der Waals surface area (Å²) in [5.41, 5.74) is -1.41. The van der Waals surface area contributed by atoms with E-state index < -0.39 is 35.3 Å². The molecule has 1 aromatic heterocycles. The number of ether oxygens (including phenoxy) is 1. The van der Waals surface area contributed by atoms with Crippen molar-refractivity contribution in [2.45, 2.75) is 12.1 Å². The summed E-state index contributed by atoms with van der Waals surface area (Å²) in [5, 5.41) is 27.2. The zero-order valence-electron chi connectivity index (χ0n) is 11.5. The molecule has 0 radical (unpaired) electrons. The average molecular weight is 312 g/mol. The minimum Gasteiger partial charge on any atom is -0.478 e. The first-order valence-corrected chi connectivity index (χ1v) is 6.57. The lowest BCUT2D eigenvalue weighted by Gasteiger charge is -2.21. The summed E-state index contributed by atoms with van der Waals surface area (Å²) < 4.78 is 6.50. The number of hydrogen-bond donors (Lipinski definition) is 4. The van der Waals surface area contributed by atoms with Crippen molar-refractivity contribution in [2.75, 3.05) is 19.8 Å². The maximum absolute atomic E-state index is 11.9. The molecule has 0 saturated carbocycles. The van der Waals surface area contributed by atoms with E-state index in [0.29, 0.717) is 0 Å². The fourth-order valence-corrected chi connectivity index (χ4v) is 2.46. The molecule has 1 aromatic rings. The monoisotopic (exact) mass is 312 g/mol. The number of rotatable bonds is 5. The molecule has 0 aliphatic carbocycles. The van der Waals surface area contributed by atoms with Crippen LogP contribution in [-0.2, 0) is 9.53 Å². The van der Waals surface area contributed by atoms with Crippen molar-refractivity contribution in [3.8, 4) is 0 Å². The molecule has 0 spiro atoms. The summed E-state index contributed by atoms with van der Waals surface area (Å²) in [5.74, 6) is -1.74. The van der Waals surface area contributed by atoms with Gasteiger partial charge in [0, 0.05) is 18.2 Å². The number of aliphatic hydroxyl groups excluding tert-OH is 2. The van der Waals surface area contributed by atoms with Crippen LogP contribution in [-0.4, -0.2) is 56.8 Å². The van der Waals surface area contributed by atoms with E-state index in [4.69, 9.17) is 9.84 Å². The molecule has 1 aliphatic rings. The predicted molar refractivity (Wildman–Crippen MR) is 74.4 cm³/mol. The summed E-state index contributed by atoms with van der Waals surface area (Å²) in [6.45, 7) is -0.516. The summed E-state index contributed by atoms with van der Waals surface area (Å²) in [7, 11) is 0. The summed E-state index contributed by atoms with van der Waals surface area (Å²) >= 11 is 0. The molecule has 2 heterocycles. The Bertz CT molecular complexity index is 690. The Balaban J connectivity index is 2.43. The SMILES string of the molecule is O=C(O)C=Cc1cn([C@H]2CO[C@H](CO)[C@H]2CO)c(=O)[nH]c1=O. The Kier molecular flexibility index (Phi) is 4.91. The van der Waals surface area contributed by atoms with Crippen LogP contribution in [0.3, 0.4) is 0 Å². The number of hydrogen-bond acceptors (Lipinski definition) is 6. The highest BCUT2D eigenvalue weighted by Gasteiger charge is 2.38. The largest absolute Gasteiger partial charge is 0.478 e. The first kappa shape index (κ1) is 16.1. The number of aromatic amines is 1. The van der Waals surface area contributed by atoms with E-state index in [2.05, 4.69) is 4.98 Å². The summed E-state index contributed by atoms with van der Waals surface area (Å²) in [4.78, 5) is 36.2. The van der Waals surface area contributed by atoms with E-state index in [9.17, 15) is 24.6 Å². The van der Waals surface area contributed by atoms with E-state index in [1.807, 2.05) is 0 Å². The molecule has 9 heteroatoms. The third kappa shape index (κ3) is 3.16. The van der Waals surface area contributed by atoms with Gasteiger partial charge < -0.3 is 20.1 Å². The van der Waals surface area contributed by atoms with E-state index in [-0.39, 0.29) is 25.4 Å². The molecular formula is C13H16N2O7. The third-order valence-electron chi connectivity index (χ3n) is 3.60. The Labute approximate surface area is 124 Å². The van der Waals surface area contributed by atoms with Crippen LogP contribution in [0, 0.1) is 5.92 Å². The molecule has 0 aromatic carbocycles. The second-order valence-corrected chi connectivity index (χ2v) is 4.89. The van der Waals surface area contributed by atoms with Gasteiger partial charge in [0.2, 0.25) is 0 Å². The number of carbonyl (C=O) groups is 1. The molecule has 120 valence electrons. The van der Waals surface area contributed by atoms with Crippen LogP contribution in [0.15, 0.2) is 21.9 Å². The van der Waals surface area contributed by atoms with Crippen LogP contribution in [0.5, 0.6) is 0 Å². The predicted octanol–water partition coefficient (Wildman–Crippen LogP) is -1.82. The van der Waals surface area contributed by atoms with Gasteiger partial charge >= 0.3 is 11.7 Å². The third-order valence-corrected chi connectivity index (χ3v) is 3.60. The van der Waals surface area contributed by atoms with Gasteiger partial charge in [0.1, 0.15) is 0 Å². The number of aliphatic carboxylic acids is 1. The van der Waals surface area contributed by atoms with E-state index in [1.54, 1.807) is 0 Å². The van der Waals surface area contributed by atoms with Crippen molar-refractivity contribution in [1.82, 2.24) is 9.55 Å². The molecule has 22 heavy (non-hydrogen) atoms. The standard InChI is InChI=1S/C13H16N2O7/c16-4-8-9(6-22-10(8)5-17)15-3-7(1-2-11(18)19)12(20)14-13(15)21/h1-3,8-10,16-17H,4-6H2,(H,18,19)(H,14,20,21)/t8-,9-,10+/m0/s1. The molecule has 1 fully saturated rings. The number of nitrogens with zero attached hydrogens (tertiary/aromatic N) is 1. The quantitative estimate of drug-likeness (QED) is 0.469. The van der Waals surface area contributed by atoms with Crippen LogP contribution < -0.4 is 11.2 Å². The Morgan fingerprint density at radius 3 is 2.73 bits per heavy atom. The second kappa shape index (κ2) is 6.69. The minimum atomic E-state index is -1.23. The van der Waals surface area contributed by atoms with Crippen molar-refractivity contribution >= 4 is 12.0 Å². The van der Waals surface area contributed by atoms with Crippen molar-refractivity contribution in [3.05, 3.63) is 38.7 Å². The summed E-state index contributed by atoms with van der Waals surface area (Å²) in [6, 6.07) is -0.566. The lowest BCUT2D eigenvalue weighted by atomic mass is 9.98. The van der Waals surface area contributed by atoms with Gasteiger partial charge in [-0.1, -0.05) is 0 Å². The molecule has 0 bridgehead atoms. The van der Waals surface area contributed by atoms with Crippen molar-refractivity contribution in [2.24, 2.45) is 5.92 Å². The van der Waals surface area contributed by atoms with Gasteiger partial charge in [0.25, 0.3) is 5.56 Å². The highest BCUT2D eigenvalue weighted by molar-refractivity contribution is 5.85. The Morgan fingerprint density at radius 1 is 1.41 bits per heavy atom. The van der Waals surface area contributed by atoms with Crippen LogP contribution >= 0.6 is 0 Å². The van der Waals surface area contributed by atoms with Gasteiger partial charge in [-0.3, -0.25) is 14.3 Å². The maximum atomic E-state index is 11.9. The molecule has 1 aliphatic heterocycles. The van der Waals surface area contributed by atoms with Gasteiger partial charge in [-0.15, -0.1) is 0 Å². The lowest BCUT2D eigenvalue weighted by molar-refractivity contribution is -0.131. The molecule has 2 rings (SSSR count). The van der Waals surface area contributed by atoms with Gasteiger partial charge in [0.15, 0.2) is 0 Å². The zero-order valence-corrected chi connectivity index (χ0v) is 11.5. The fourth-order valence-electron chi connectivity index (χ4n) is 2.46. The van der Waals surface area contributed by atoms with Crippen LogP contribution in [0.4, 0.5) is 0 Å². The van der Waals surface area contributed by atoms with Crippen LogP contribution in [0.2, 0.25) is 0 Å². The normalized spacial score (nSPS) is 24.9. The van der Waals surface area contributed by atoms with E-state index >= 15 is 0 Å². The first-order chi connectivity index (χ1) is 10.5. The Hall–Kier alpha value is -2.23. The molecular weight excluding hydrogens is 296 g/mol. The Morgan fingerprint density at radius 2 is 2.14 bits per heavy atom. The molecule has 4 N–H and O–H groups in total. The highest BCUT2D eigenvalue weighted by Crippen LogP contribution is 2.29. The zero-order chi connectivity index (χ0) is 16.3. The second-order valence-electron chi connectivity index (χ2n) is 4.89. The highest BCUT2D eigenvalue weighted by atomic mass is 16.5. The van der Waals surface area contributed by atoms with Crippen LogP contribution in [0.1, 0.15) is 11.6 Å². The van der Waals surface area contributed by atoms with Gasteiger partial charge in [-0.25, -0.2) is 9.59 Å². The first-order valence-electron chi connectivity index (χ1n) is 6.57. The number of aromatic nitrogens is 2. The fraction of sp³-hybridized carbons (Fsp3) is 0.462. The smallest absolute Gasteiger partial charge is 0.328 e. The van der Waals surface area contributed by atoms with Crippen molar-refractivity contribution < 1.29 is 24.9 Å². The molecule has 9 nitrogen and oxygen atoms in total.